The predicted molar refractivity (Wildman–Crippen MR) is 111 cm³/mol. The first-order valence-electron chi connectivity index (χ1n) is 10.4. The van der Waals surface area contributed by atoms with Crippen LogP contribution in [0.1, 0.15) is 72.1 Å². The number of rotatable bonds is 6. The Hall–Kier alpha value is -0.870. The van der Waals surface area contributed by atoms with Gasteiger partial charge in [-0.3, -0.25) is 0 Å². The molecule has 0 spiro atoms. The molecule has 1 saturated carbocycles. The number of ether oxygens (including phenoxy) is 1. The first-order valence-corrected chi connectivity index (χ1v) is 13.8. The quantitative estimate of drug-likeness (QED) is 0.631. The third-order valence-corrected chi connectivity index (χ3v) is 11.0. The van der Waals surface area contributed by atoms with E-state index in [1.165, 1.54) is 0 Å². The molecule has 2 rings (SSSR count). The molecule has 1 aliphatic heterocycles. The molecule has 0 aromatic rings. The third-order valence-electron chi connectivity index (χ3n) is 5.57. The maximum Gasteiger partial charge on any atom is 0.407 e. The Kier molecular flexibility index (Phi) is 8.00. The van der Waals surface area contributed by atoms with E-state index in [9.17, 15) is 26.7 Å². The van der Waals surface area contributed by atoms with Crippen LogP contribution in [-0.4, -0.2) is 61.9 Å². The Balaban J connectivity index is 2.15. The van der Waals surface area contributed by atoms with Gasteiger partial charge in [0, 0.05) is 6.42 Å². The molecule has 2 atom stereocenters. The van der Waals surface area contributed by atoms with Crippen molar-refractivity contribution >= 4 is 25.8 Å². The van der Waals surface area contributed by atoms with E-state index in [0.29, 0.717) is 6.42 Å². The van der Waals surface area contributed by atoms with E-state index < -0.39 is 54.5 Å². The number of hydrogen-bond acceptors (Lipinski definition) is 7. The maximum atomic E-state index is 12.4. The van der Waals surface area contributed by atoms with Crippen molar-refractivity contribution in [3.63, 3.8) is 0 Å². The van der Waals surface area contributed by atoms with Crippen LogP contribution in [0.2, 0.25) is 0 Å². The lowest BCUT2D eigenvalue weighted by Gasteiger charge is -2.33. The fraction of sp³-hybridized carbons (Fsp3) is 0.947. The van der Waals surface area contributed by atoms with E-state index in [0.717, 1.165) is 32.1 Å². The highest BCUT2D eigenvalue weighted by Gasteiger charge is 2.43. The molecular formula is C19H35NO7S2. The highest BCUT2D eigenvalue weighted by atomic mass is 32.3. The van der Waals surface area contributed by atoms with Crippen LogP contribution in [0.4, 0.5) is 4.79 Å². The van der Waals surface area contributed by atoms with Crippen molar-refractivity contribution in [3.05, 3.63) is 0 Å². The van der Waals surface area contributed by atoms with E-state index in [4.69, 9.17) is 4.74 Å². The molecule has 2 N–H and O–H groups in total. The summed E-state index contributed by atoms with van der Waals surface area (Å²) in [4.78, 5) is 12.3. The van der Waals surface area contributed by atoms with Crippen LogP contribution in [0.25, 0.3) is 0 Å². The first kappa shape index (κ1) is 24.4. The summed E-state index contributed by atoms with van der Waals surface area (Å²) >= 11 is 0. The number of carbonyl (C=O) groups excluding carboxylic acids is 1. The average molecular weight is 454 g/mol. The largest absolute Gasteiger partial charge is 0.444 e. The Morgan fingerprint density at radius 3 is 2.07 bits per heavy atom. The Labute approximate surface area is 174 Å². The number of hydrogen-bond donors (Lipinski definition) is 2. The Morgan fingerprint density at radius 2 is 1.55 bits per heavy atom. The number of aliphatic hydroxyl groups is 1. The van der Waals surface area contributed by atoms with E-state index in [-0.39, 0.29) is 23.8 Å². The molecule has 1 aliphatic carbocycles. The van der Waals surface area contributed by atoms with Crippen molar-refractivity contribution in [2.24, 2.45) is 5.92 Å². The predicted octanol–water partition coefficient (Wildman–Crippen LogP) is 2.16. The summed E-state index contributed by atoms with van der Waals surface area (Å²) in [6.07, 6.45) is 3.37. The minimum absolute atomic E-state index is 0.0823. The molecule has 29 heavy (non-hydrogen) atoms. The minimum Gasteiger partial charge on any atom is -0.444 e. The number of nitrogens with one attached hydrogen (secondary N) is 1. The van der Waals surface area contributed by atoms with Crippen LogP contribution in [-0.2, 0) is 24.4 Å². The molecule has 0 bridgehead atoms. The summed E-state index contributed by atoms with van der Waals surface area (Å²) in [6.45, 7) is 5.17. The smallest absolute Gasteiger partial charge is 0.407 e. The van der Waals surface area contributed by atoms with Gasteiger partial charge in [-0.05, 0) is 39.5 Å². The molecular weight excluding hydrogens is 418 g/mol. The summed E-state index contributed by atoms with van der Waals surface area (Å²) in [5.41, 5.74) is -0.722. The summed E-state index contributed by atoms with van der Waals surface area (Å²) < 4.78 is 53.1. The monoisotopic (exact) mass is 453 g/mol. The van der Waals surface area contributed by atoms with E-state index in [2.05, 4.69) is 5.32 Å². The van der Waals surface area contributed by atoms with Gasteiger partial charge in [-0.2, -0.15) is 0 Å². The standard InChI is InChI=1S/C19H35NO7S2/c1-19(2,3)27-18(22)20-15(12-14-8-5-4-6-9-14)16(21)13-17-28(23,24)10-7-11-29(17,25)26/h14-17,21H,4-13H2,1-3H3,(H,20,22)/t15-,16-/m0/s1. The Bertz CT molecular complexity index is 731. The average Bonchev–Trinajstić information content (AvgIpc) is 2.56. The lowest BCUT2D eigenvalue weighted by atomic mass is 9.83. The molecule has 1 heterocycles. The van der Waals surface area contributed by atoms with Crippen molar-refractivity contribution in [3.8, 4) is 0 Å². The molecule has 0 unspecified atom stereocenters. The van der Waals surface area contributed by atoms with Crippen LogP contribution in [0.3, 0.4) is 0 Å². The van der Waals surface area contributed by atoms with Gasteiger partial charge in [-0.25, -0.2) is 21.6 Å². The first-order chi connectivity index (χ1) is 13.3. The zero-order valence-electron chi connectivity index (χ0n) is 17.6. The molecule has 1 amide bonds. The van der Waals surface area contributed by atoms with Crippen molar-refractivity contribution < 1.29 is 31.5 Å². The lowest BCUT2D eigenvalue weighted by molar-refractivity contribution is 0.0385. The van der Waals surface area contributed by atoms with Crippen molar-refractivity contribution in [2.45, 2.75) is 94.5 Å². The summed E-state index contributed by atoms with van der Waals surface area (Å²) in [6, 6.07) is -0.764. The molecule has 0 aromatic carbocycles. The molecule has 170 valence electrons. The molecule has 2 aliphatic rings. The summed E-state index contributed by atoms with van der Waals surface area (Å²) in [7, 11) is -7.68. The summed E-state index contributed by atoms with van der Waals surface area (Å²) in [5, 5.41) is 13.5. The number of alkyl carbamates (subject to hydrolysis) is 1. The number of sulfone groups is 2. The maximum absolute atomic E-state index is 12.4. The van der Waals surface area contributed by atoms with E-state index in [1.54, 1.807) is 20.8 Å². The highest BCUT2D eigenvalue weighted by molar-refractivity contribution is 8.09. The van der Waals surface area contributed by atoms with Crippen molar-refractivity contribution in [1.29, 1.82) is 0 Å². The molecule has 0 radical (unpaired) electrons. The van der Waals surface area contributed by atoms with E-state index in [1.807, 2.05) is 0 Å². The minimum atomic E-state index is -3.84. The zero-order chi connectivity index (χ0) is 21.9. The topological polar surface area (TPSA) is 127 Å². The van der Waals surface area contributed by atoms with Crippen LogP contribution >= 0.6 is 0 Å². The van der Waals surface area contributed by atoms with E-state index >= 15 is 0 Å². The van der Waals surface area contributed by atoms with Crippen LogP contribution < -0.4 is 5.32 Å². The second-order valence-corrected chi connectivity index (χ2v) is 14.2. The SMILES string of the molecule is CC(C)(C)OC(=O)N[C@@H](CC1CCCCC1)[C@@H](O)CC1S(=O)(=O)CCCS1(=O)=O. The number of aliphatic hydroxyl groups excluding tert-OH is 1. The molecule has 0 aromatic heterocycles. The normalized spacial score (nSPS) is 25.1. The molecule has 10 heteroatoms. The van der Waals surface area contributed by atoms with Gasteiger partial charge in [0.15, 0.2) is 24.3 Å². The van der Waals surface area contributed by atoms with Gasteiger partial charge < -0.3 is 15.2 Å². The van der Waals surface area contributed by atoms with Crippen LogP contribution in [0.15, 0.2) is 0 Å². The van der Waals surface area contributed by atoms with Crippen molar-refractivity contribution in [1.82, 2.24) is 5.32 Å². The molecule has 1 saturated heterocycles. The van der Waals surface area contributed by atoms with Gasteiger partial charge in [0.2, 0.25) is 0 Å². The number of amides is 1. The highest BCUT2D eigenvalue weighted by Crippen LogP contribution is 2.30. The fourth-order valence-corrected chi connectivity index (χ4v) is 9.30. The fourth-order valence-electron chi connectivity index (χ4n) is 4.16. The second kappa shape index (κ2) is 9.51. The van der Waals surface area contributed by atoms with Gasteiger partial charge in [0.05, 0.1) is 23.7 Å². The summed E-state index contributed by atoms with van der Waals surface area (Å²) in [5.74, 6) is -0.106. The van der Waals surface area contributed by atoms with Crippen molar-refractivity contribution in [2.75, 3.05) is 11.5 Å². The number of carbonyl (C=O) groups is 1. The zero-order valence-corrected chi connectivity index (χ0v) is 19.2. The third kappa shape index (κ3) is 7.40. The lowest BCUT2D eigenvalue weighted by Crippen LogP contribution is -2.50. The van der Waals surface area contributed by atoms with Gasteiger partial charge in [0.25, 0.3) is 0 Å². The van der Waals surface area contributed by atoms with Crippen LogP contribution in [0, 0.1) is 5.92 Å². The van der Waals surface area contributed by atoms with Gasteiger partial charge in [-0.1, -0.05) is 32.1 Å². The van der Waals surface area contributed by atoms with Gasteiger partial charge >= 0.3 is 6.09 Å². The van der Waals surface area contributed by atoms with Crippen LogP contribution in [0.5, 0.6) is 0 Å². The second-order valence-electron chi connectivity index (χ2n) is 9.31. The Morgan fingerprint density at radius 1 is 1.00 bits per heavy atom. The molecule has 8 nitrogen and oxygen atoms in total. The van der Waals surface area contributed by atoms with Gasteiger partial charge in [-0.15, -0.1) is 0 Å². The molecule has 2 fully saturated rings. The van der Waals surface area contributed by atoms with Gasteiger partial charge in [0.1, 0.15) is 5.60 Å².